The van der Waals surface area contributed by atoms with Gasteiger partial charge in [0.2, 0.25) is 16.0 Å². The van der Waals surface area contributed by atoms with Crippen LogP contribution >= 0.6 is 22.9 Å². The molecule has 6 nitrogen and oxygen atoms in total. The molecule has 2 aromatic rings. The zero-order valence-corrected chi connectivity index (χ0v) is 15.9. The van der Waals surface area contributed by atoms with Crippen LogP contribution in [-0.4, -0.2) is 31.5 Å². The predicted molar refractivity (Wildman–Crippen MR) is 99.2 cm³/mol. The van der Waals surface area contributed by atoms with Crippen molar-refractivity contribution in [2.75, 3.05) is 12.8 Å². The van der Waals surface area contributed by atoms with Gasteiger partial charge in [0.1, 0.15) is 0 Å². The minimum absolute atomic E-state index is 0.189. The fraction of sp³-hybridized carbons (Fsp3) is 0.250. The van der Waals surface area contributed by atoms with Crippen molar-refractivity contribution in [3.8, 4) is 16.5 Å². The first-order valence-corrected chi connectivity index (χ1v) is 10.1. The Morgan fingerprint density at radius 3 is 2.80 bits per heavy atom. The van der Waals surface area contributed by atoms with Gasteiger partial charge in [-0.05, 0) is 30.7 Å². The van der Waals surface area contributed by atoms with Gasteiger partial charge >= 0.3 is 0 Å². The summed E-state index contributed by atoms with van der Waals surface area (Å²) in [5, 5.41) is 20.3. The largest absolute Gasteiger partial charge is 0.344 e. The topological polar surface area (TPSA) is 97.1 Å². The number of nitrogens with one attached hydrogen (secondary N) is 2. The zero-order valence-electron chi connectivity index (χ0n) is 13.5. The third kappa shape index (κ3) is 3.11. The lowest BCUT2D eigenvalue weighted by Crippen LogP contribution is -2.60. The van der Waals surface area contributed by atoms with Gasteiger partial charge < -0.3 is 5.32 Å². The first kappa shape index (κ1) is 17.7. The summed E-state index contributed by atoms with van der Waals surface area (Å²) in [6, 6.07) is 11.0. The number of nitrogens with zero attached hydrogens (tertiary/aromatic N) is 2. The Kier molecular flexibility index (Phi) is 4.27. The fourth-order valence-corrected chi connectivity index (χ4v) is 5.93. The van der Waals surface area contributed by atoms with Crippen molar-refractivity contribution in [2.45, 2.75) is 12.5 Å². The molecular formula is C16H15ClN4O2S2. The predicted octanol–water partition coefficient (Wildman–Crippen LogP) is 2.95. The van der Waals surface area contributed by atoms with E-state index in [0.29, 0.717) is 15.5 Å². The minimum Gasteiger partial charge on any atom is -0.344 e. The van der Waals surface area contributed by atoms with E-state index in [2.05, 4.69) is 11.4 Å². The second kappa shape index (κ2) is 6.02. The van der Waals surface area contributed by atoms with Crippen LogP contribution in [0.5, 0.6) is 0 Å². The van der Waals surface area contributed by atoms with Gasteiger partial charge in [-0.2, -0.15) is 5.26 Å². The number of guanidine groups is 1. The third-order valence-corrected chi connectivity index (χ3v) is 7.88. The monoisotopic (exact) mass is 394 g/mol. The molecule has 0 saturated carbocycles. The van der Waals surface area contributed by atoms with Gasteiger partial charge in [-0.1, -0.05) is 23.7 Å². The van der Waals surface area contributed by atoms with Crippen LogP contribution in [0.4, 0.5) is 0 Å². The lowest BCUT2D eigenvalue weighted by atomic mass is 10.0. The minimum atomic E-state index is -3.60. The fourth-order valence-electron chi connectivity index (χ4n) is 2.73. The van der Waals surface area contributed by atoms with E-state index in [1.165, 1.54) is 18.4 Å². The SMILES string of the molecule is CN1C(=N)N[C@](C)(c2sc(-c3cccc(C#N)c3)cc2Cl)CS1(=O)=O. The number of nitriles is 1. The van der Waals surface area contributed by atoms with Crippen LogP contribution in [0, 0.1) is 16.7 Å². The number of benzene rings is 1. The maximum atomic E-state index is 12.3. The van der Waals surface area contributed by atoms with Crippen LogP contribution in [0.25, 0.3) is 10.4 Å². The van der Waals surface area contributed by atoms with E-state index >= 15 is 0 Å². The zero-order chi connectivity index (χ0) is 18.4. The van der Waals surface area contributed by atoms with E-state index in [1.54, 1.807) is 31.2 Å². The number of thiophene rings is 1. The summed E-state index contributed by atoms with van der Waals surface area (Å²) >= 11 is 7.75. The number of rotatable bonds is 2. The number of hydrogen-bond donors (Lipinski definition) is 2. The Morgan fingerprint density at radius 1 is 1.44 bits per heavy atom. The van der Waals surface area contributed by atoms with Gasteiger partial charge in [0.25, 0.3) is 0 Å². The van der Waals surface area contributed by atoms with Gasteiger partial charge in [-0.25, -0.2) is 12.7 Å². The van der Waals surface area contributed by atoms with E-state index in [1.807, 2.05) is 6.07 Å². The van der Waals surface area contributed by atoms with Crippen LogP contribution in [0.1, 0.15) is 17.4 Å². The molecule has 1 aromatic heterocycles. The maximum Gasteiger partial charge on any atom is 0.239 e. The summed E-state index contributed by atoms with van der Waals surface area (Å²) < 4.78 is 25.6. The van der Waals surface area contributed by atoms with Crippen molar-refractivity contribution < 1.29 is 8.42 Å². The van der Waals surface area contributed by atoms with Gasteiger partial charge in [-0.15, -0.1) is 11.3 Å². The molecule has 1 aliphatic rings. The highest BCUT2D eigenvalue weighted by Crippen LogP contribution is 2.42. The molecule has 130 valence electrons. The van der Waals surface area contributed by atoms with Crippen molar-refractivity contribution in [2.24, 2.45) is 0 Å². The van der Waals surface area contributed by atoms with Crippen molar-refractivity contribution in [3.63, 3.8) is 0 Å². The molecule has 1 fully saturated rings. The molecule has 0 amide bonds. The molecule has 0 unspecified atom stereocenters. The average Bonchev–Trinajstić information content (AvgIpc) is 2.95. The van der Waals surface area contributed by atoms with Gasteiger partial charge in [0.15, 0.2) is 0 Å². The van der Waals surface area contributed by atoms with Crippen molar-refractivity contribution in [1.82, 2.24) is 9.62 Å². The summed E-state index contributed by atoms with van der Waals surface area (Å²) in [7, 11) is -2.25. The molecule has 3 rings (SSSR count). The maximum absolute atomic E-state index is 12.3. The Hall–Kier alpha value is -2.08. The lowest BCUT2D eigenvalue weighted by molar-refractivity contribution is 0.424. The Balaban J connectivity index is 2.06. The molecular weight excluding hydrogens is 380 g/mol. The number of hydrogen-bond acceptors (Lipinski definition) is 5. The standard InChI is InChI=1S/C16H15ClN4O2S2/c1-16(9-25(22,23)21(2)15(19)20-16)14-12(17)7-13(24-14)11-5-3-4-10(6-11)8-18/h3-7H,9H2,1-2H3,(H2,19,20)/t16-/m0/s1. The molecule has 0 bridgehead atoms. The van der Waals surface area contributed by atoms with E-state index in [-0.39, 0.29) is 11.7 Å². The number of sulfonamides is 1. The molecule has 0 radical (unpaired) electrons. The summed E-state index contributed by atoms with van der Waals surface area (Å²) in [6.45, 7) is 1.72. The van der Waals surface area contributed by atoms with E-state index < -0.39 is 15.6 Å². The molecule has 2 N–H and O–H groups in total. The molecule has 9 heteroatoms. The third-order valence-electron chi connectivity index (χ3n) is 4.06. The molecule has 1 saturated heterocycles. The van der Waals surface area contributed by atoms with E-state index in [0.717, 1.165) is 14.7 Å². The van der Waals surface area contributed by atoms with Crippen molar-refractivity contribution >= 4 is 38.9 Å². The second-order valence-electron chi connectivity index (χ2n) is 6.01. The molecule has 0 spiro atoms. The highest BCUT2D eigenvalue weighted by molar-refractivity contribution is 7.89. The van der Waals surface area contributed by atoms with Crippen LogP contribution in [0.15, 0.2) is 30.3 Å². The Labute approximate surface area is 155 Å². The molecule has 2 heterocycles. The van der Waals surface area contributed by atoms with Gasteiger partial charge in [-0.3, -0.25) is 5.41 Å². The quantitative estimate of drug-likeness (QED) is 0.818. The molecule has 1 aromatic carbocycles. The highest BCUT2D eigenvalue weighted by atomic mass is 35.5. The molecule has 1 aliphatic heterocycles. The summed E-state index contributed by atoms with van der Waals surface area (Å²) in [5.74, 6) is -0.386. The van der Waals surface area contributed by atoms with Gasteiger partial charge in [0.05, 0.1) is 32.8 Å². The van der Waals surface area contributed by atoms with Crippen LogP contribution in [0.3, 0.4) is 0 Å². The van der Waals surface area contributed by atoms with Gasteiger partial charge in [0, 0.05) is 11.9 Å². The molecule has 1 atom stereocenters. The van der Waals surface area contributed by atoms with Crippen LogP contribution in [-0.2, 0) is 15.6 Å². The van der Waals surface area contributed by atoms with E-state index in [9.17, 15) is 8.42 Å². The summed E-state index contributed by atoms with van der Waals surface area (Å²) in [5.41, 5.74) is 0.387. The lowest BCUT2D eigenvalue weighted by Gasteiger charge is -2.39. The highest BCUT2D eigenvalue weighted by Gasteiger charge is 2.43. The smallest absolute Gasteiger partial charge is 0.239 e. The Morgan fingerprint density at radius 2 is 2.16 bits per heavy atom. The second-order valence-corrected chi connectivity index (χ2v) is 9.47. The van der Waals surface area contributed by atoms with E-state index in [4.69, 9.17) is 22.3 Å². The first-order valence-electron chi connectivity index (χ1n) is 7.30. The average molecular weight is 395 g/mol. The Bertz CT molecular complexity index is 1010. The first-order chi connectivity index (χ1) is 11.7. The summed E-state index contributed by atoms with van der Waals surface area (Å²) in [6.07, 6.45) is 0. The molecule has 0 aliphatic carbocycles. The summed E-state index contributed by atoms with van der Waals surface area (Å²) in [4.78, 5) is 1.48. The van der Waals surface area contributed by atoms with Crippen LogP contribution < -0.4 is 5.32 Å². The number of halogens is 1. The van der Waals surface area contributed by atoms with Crippen molar-refractivity contribution in [3.05, 3.63) is 45.8 Å². The van der Waals surface area contributed by atoms with Crippen LogP contribution in [0.2, 0.25) is 5.02 Å². The normalized spacial score (nSPS) is 22.3. The molecule has 25 heavy (non-hydrogen) atoms. The van der Waals surface area contributed by atoms with Crippen molar-refractivity contribution in [1.29, 1.82) is 10.7 Å².